The number of hydrogen-bond acceptors (Lipinski definition) is 1. The molecule has 70 valence electrons. The summed E-state index contributed by atoms with van der Waals surface area (Å²) in [6.45, 7) is 0. The average Bonchev–Trinajstić information content (AvgIpc) is 2.95. The van der Waals surface area contributed by atoms with Crippen LogP contribution in [0.3, 0.4) is 0 Å². The van der Waals surface area contributed by atoms with E-state index < -0.39 is 5.97 Å². The minimum absolute atomic E-state index is 0.468. The SMILES string of the molecule is O=C(O)c1cccc2c1=C1CC1CC=2. The van der Waals surface area contributed by atoms with E-state index in [4.69, 9.17) is 5.11 Å². The Hall–Kier alpha value is -1.57. The molecule has 0 radical (unpaired) electrons. The molecule has 2 aliphatic rings. The number of rotatable bonds is 1. The first-order valence-corrected chi connectivity index (χ1v) is 4.83. The Morgan fingerprint density at radius 1 is 1.43 bits per heavy atom. The molecule has 0 heterocycles. The molecule has 0 saturated heterocycles. The maximum atomic E-state index is 11.0. The molecule has 2 aliphatic carbocycles. The van der Waals surface area contributed by atoms with Crippen molar-refractivity contribution in [3.8, 4) is 0 Å². The number of aromatic carboxylic acids is 1. The Labute approximate surface area is 81.2 Å². The Kier molecular flexibility index (Phi) is 1.38. The fourth-order valence-electron chi connectivity index (χ4n) is 2.28. The van der Waals surface area contributed by atoms with Gasteiger partial charge in [0, 0.05) is 0 Å². The lowest BCUT2D eigenvalue weighted by molar-refractivity contribution is 0.0695. The van der Waals surface area contributed by atoms with E-state index in [9.17, 15) is 4.79 Å². The molecule has 1 aromatic carbocycles. The zero-order valence-corrected chi connectivity index (χ0v) is 7.66. The van der Waals surface area contributed by atoms with Crippen LogP contribution in [0.2, 0.25) is 0 Å². The molecule has 14 heavy (non-hydrogen) atoms. The normalized spacial score (nSPS) is 22.0. The van der Waals surface area contributed by atoms with Crippen molar-refractivity contribution in [3.63, 3.8) is 0 Å². The van der Waals surface area contributed by atoms with Crippen LogP contribution in [0.4, 0.5) is 0 Å². The highest BCUT2D eigenvalue weighted by Crippen LogP contribution is 2.42. The molecule has 2 nitrogen and oxygen atoms in total. The third-order valence-electron chi connectivity index (χ3n) is 3.07. The summed E-state index contributed by atoms with van der Waals surface area (Å²) in [5.41, 5.74) is 1.82. The summed E-state index contributed by atoms with van der Waals surface area (Å²) in [4.78, 5) is 11.0. The van der Waals surface area contributed by atoms with Crippen molar-refractivity contribution in [3.05, 3.63) is 34.2 Å². The second-order valence-electron chi connectivity index (χ2n) is 3.94. The van der Waals surface area contributed by atoms with Gasteiger partial charge in [0.25, 0.3) is 0 Å². The van der Waals surface area contributed by atoms with E-state index >= 15 is 0 Å². The third kappa shape index (κ3) is 0.939. The summed E-state index contributed by atoms with van der Waals surface area (Å²) in [6.07, 6.45) is 4.34. The molecule has 1 saturated carbocycles. The molecule has 1 unspecified atom stereocenters. The molecular formula is C12H10O2. The van der Waals surface area contributed by atoms with Gasteiger partial charge in [-0.25, -0.2) is 4.79 Å². The summed E-state index contributed by atoms with van der Waals surface area (Å²) < 4.78 is 0. The molecule has 0 aliphatic heterocycles. The van der Waals surface area contributed by atoms with Gasteiger partial charge in [0.15, 0.2) is 0 Å². The van der Waals surface area contributed by atoms with Gasteiger partial charge in [-0.2, -0.15) is 0 Å². The highest BCUT2D eigenvalue weighted by atomic mass is 16.4. The zero-order valence-electron chi connectivity index (χ0n) is 7.66. The molecule has 3 rings (SSSR count). The van der Waals surface area contributed by atoms with Gasteiger partial charge < -0.3 is 5.11 Å². The van der Waals surface area contributed by atoms with E-state index in [0.717, 1.165) is 23.3 Å². The smallest absolute Gasteiger partial charge is 0.336 e. The first-order valence-electron chi connectivity index (χ1n) is 4.83. The van der Waals surface area contributed by atoms with Crippen LogP contribution in [0.25, 0.3) is 11.6 Å². The van der Waals surface area contributed by atoms with Crippen LogP contribution >= 0.6 is 0 Å². The first kappa shape index (κ1) is 7.80. The highest BCUT2D eigenvalue weighted by Gasteiger charge is 2.32. The molecule has 0 aromatic heterocycles. The van der Waals surface area contributed by atoms with Crippen molar-refractivity contribution in [2.45, 2.75) is 12.8 Å². The lowest BCUT2D eigenvalue weighted by Gasteiger charge is -2.01. The second-order valence-corrected chi connectivity index (χ2v) is 3.94. The lowest BCUT2D eigenvalue weighted by atomic mass is 10.0. The summed E-state index contributed by atoms with van der Waals surface area (Å²) in [5.74, 6) is -0.168. The fourth-order valence-corrected chi connectivity index (χ4v) is 2.28. The predicted molar refractivity (Wildman–Crippen MR) is 53.2 cm³/mol. The first-order chi connectivity index (χ1) is 6.77. The number of benzene rings is 1. The Balaban J connectivity index is 2.47. The van der Waals surface area contributed by atoms with Gasteiger partial charge in [-0.05, 0) is 35.3 Å². The Morgan fingerprint density at radius 3 is 3.07 bits per heavy atom. The van der Waals surface area contributed by atoms with Crippen LogP contribution in [0, 0.1) is 5.92 Å². The number of carboxylic acids is 1. The van der Waals surface area contributed by atoms with Crippen molar-refractivity contribution >= 4 is 17.6 Å². The Bertz CT molecular complexity index is 540. The van der Waals surface area contributed by atoms with Gasteiger partial charge in [-0.1, -0.05) is 23.8 Å². The molecule has 1 fully saturated rings. The van der Waals surface area contributed by atoms with Crippen LogP contribution in [-0.4, -0.2) is 11.1 Å². The number of carbonyl (C=O) groups is 1. The standard InChI is InChI=1S/C12H10O2/c13-12(14)9-3-1-2-7-4-5-8-6-10(8)11(7)9/h1-4,8H,5-6H2,(H,13,14). The van der Waals surface area contributed by atoms with Gasteiger partial charge in [0.2, 0.25) is 0 Å². The van der Waals surface area contributed by atoms with Gasteiger partial charge in [0.1, 0.15) is 0 Å². The van der Waals surface area contributed by atoms with Crippen LogP contribution in [0.15, 0.2) is 18.2 Å². The van der Waals surface area contributed by atoms with E-state index in [1.54, 1.807) is 6.07 Å². The monoisotopic (exact) mass is 186 g/mol. The van der Waals surface area contributed by atoms with E-state index in [1.807, 2.05) is 12.1 Å². The van der Waals surface area contributed by atoms with Gasteiger partial charge in [0.05, 0.1) is 5.56 Å². The summed E-state index contributed by atoms with van der Waals surface area (Å²) in [5, 5.41) is 11.2. The minimum atomic E-state index is -0.810. The summed E-state index contributed by atoms with van der Waals surface area (Å²) >= 11 is 0. The Morgan fingerprint density at radius 2 is 2.29 bits per heavy atom. The molecule has 1 atom stereocenters. The van der Waals surface area contributed by atoms with Crippen molar-refractivity contribution in [1.82, 2.24) is 0 Å². The van der Waals surface area contributed by atoms with E-state index in [1.165, 1.54) is 5.57 Å². The minimum Gasteiger partial charge on any atom is -0.478 e. The van der Waals surface area contributed by atoms with Gasteiger partial charge in [-0.3, -0.25) is 0 Å². The van der Waals surface area contributed by atoms with Crippen LogP contribution in [0.5, 0.6) is 0 Å². The zero-order chi connectivity index (χ0) is 9.71. The molecular weight excluding hydrogens is 176 g/mol. The molecule has 2 heteroatoms. The van der Waals surface area contributed by atoms with E-state index in [-0.39, 0.29) is 0 Å². The molecule has 1 N–H and O–H groups in total. The predicted octanol–water partition coefficient (Wildman–Crippen LogP) is 0.740. The number of carboxylic acid groups (broad SMARTS) is 1. The molecule has 0 spiro atoms. The maximum absolute atomic E-state index is 11.0. The summed E-state index contributed by atoms with van der Waals surface area (Å²) in [6, 6.07) is 5.52. The van der Waals surface area contributed by atoms with Gasteiger partial charge in [-0.15, -0.1) is 0 Å². The largest absolute Gasteiger partial charge is 0.478 e. The second kappa shape index (κ2) is 2.47. The van der Waals surface area contributed by atoms with E-state index in [0.29, 0.717) is 11.5 Å². The van der Waals surface area contributed by atoms with Crippen LogP contribution in [0.1, 0.15) is 23.2 Å². The topological polar surface area (TPSA) is 37.3 Å². The van der Waals surface area contributed by atoms with Crippen molar-refractivity contribution in [2.24, 2.45) is 5.92 Å². The fraction of sp³-hybridized carbons (Fsp3) is 0.250. The molecule has 0 bridgehead atoms. The summed E-state index contributed by atoms with van der Waals surface area (Å²) in [7, 11) is 0. The van der Waals surface area contributed by atoms with Crippen molar-refractivity contribution in [2.75, 3.05) is 0 Å². The van der Waals surface area contributed by atoms with Crippen LogP contribution < -0.4 is 10.4 Å². The molecule has 0 amide bonds. The van der Waals surface area contributed by atoms with E-state index in [2.05, 4.69) is 6.08 Å². The number of hydrogen-bond donors (Lipinski definition) is 1. The van der Waals surface area contributed by atoms with Gasteiger partial charge >= 0.3 is 5.97 Å². The molecule has 1 aromatic rings. The maximum Gasteiger partial charge on any atom is 0.336 e. The van der Waals surface area contributed by atoms with Crippen molar-refractivity contribution in [1.29, 1.82) is 0 Å². The third-order valence-corrected chi connectivity index (χ3v) is 3.07. The highest BCUT2D eigenvalue weighted by molar-refractivity contribution is 5.90. The van der Waals surface area contributed by atoms with Crippen molar-refractivity contribution < 1.29 is 9.90 Å². The number of fused-ring (bicyclic) bond motifs is 2. The quantitative estimate of drug-likeness (QED) is 0.702. The average molecular weight is 186 g/mol. The van der Waals surface area contributed by atoms with Crippen LogP contribution in [-0.2, 0) is 0 Å². The lowest BCUT2D eigenvalue weighted by Crippen LogP contribution is -2.32.